The maximum atomic E-state index is 11.3. The predicted octanol–water partition coefficient (Wildman–Crippen LogP) is 2.73. The van der Waals surface area contributed by atoms with Crippen molar-refractivity contribution in [3.05, 3.63) is 51.5 Å². The van der Waals surface area contributed by atoms with Crippen LogP contribution in [0, 0.1) is 0 Å². The molecule has 0 saturated carbocycles. The number of thiazole rings is 1. The first kappa shape index (κ1) is 15.7. The van der Waals surface area contributed by atoms with Crippen molar-refractivity contribution in [2.24, 2.45) is 0 Å². The number of nitrogens with zero attached hydrogens (tertiary/aromatic N) is 2. The topological polar surface area (TPSA) is 53.4 Å². The molecule has 0 unspecified atom stereocenters. The van der Waals surface area contributed by atoms with E-state index >= 15 is 0 Å². The zero-order valence-corrected chi connectivity index (χ0v) is 13.2. The first-order chi connectivity index (χ1) is 10.1. The van der Waals surface area contributed by atoms with Crippen LogP contribution >= 0.6 is 11.3 Å². The molecule has 2 rings (SSSR count). The number of aromatic nitrogens is 1. The van der Waals surface area contributed by atoms with Crippen LogP contribution in [0.15, 0.2) is 30.3 Å². The van der Waals surface area contributed by atoms with E-state index in [0.29, 0.717) is 17.0 Å². The van der Waals surface area contributed by atoms with Gasteiger partial charge in [-0.1, -0.05) is 30.3 Å². The number of carbonyl (C=O) groups is 1. The molecule has 0 saturated heterocycles. The fraction of sp³-hybridized carbons (Fsp3) is 0.375. The SMILES string of the molecule is CN(C)CCc1nc(CCc2ccccc2)c(C(=O)O)s1. The van der Waals surface area contributed by atoms with Gasteiger partial charge >= 0.3 is 5.97 Å². The van der Waals surface area contributed by atoms with Gasteiger partial charge in [0.25, 0.3) is 0 Å². The predicted molar refractivity (Wildman–Crippen MR) is 85.2 cm³/mol. The van der Waals surface area contributed by atoms with Crippen LogP contribution in [-0.4, -0.2) is 41.6 Å². The molecule has 2 aromatic rings. The Morgan fingerprint density at radius 3 is 2.52 bits per heavy atom. The van der Waals surface area contributed by atoms with Crippen molar-refractivity contribution in [1.82, 2.24) is 9.88 Å². The van der Waals surface area contributed by atoms with Gasteiger partial charge in [-0.05, 0) is 32.5 Å². The maximum absolute atomic E-state index is 11.3. The third kappa shape index (κ3) is 4.65. The van der Waals surface area contributed by atoms with E-state index in [1.165, 1.54) is 16.9 Å². The third-order valence-corrected chi connectivity index (χ3v) is 4.35. The van der Waals surface area contributed by atoms with Gasteiger partial charge in [0.15, 0.2) is 0 Å². The van der Waals surface area contributed by atoms with Crippen LogP contribution in [0.25, 0.3) is 0 Å². The van der Waals surface area contributed by atoms with E-state index in [1.807, 2.05) is 32.3 Å². The van der Waals surface area contributed by atoms with Crippen molar-refractivity contribution < 1.29 is 9.90 Å². The first-order valence-corrected chi connectivity index (χ1v) is 7.78. The summed E-state index contributed by atoms with van der Waals surface area (Å²) >= 11 is 1.31. The maximum Gasteiger partial charge on any atom is 0.347 e. The summed E-state index contributed by atoms with van der Waals surface area (Å²) in [5, 5.41) is 10.2. The number of hydrogen-bond donors (Lipinski definition) is 1. The van der Waals surface area contributed by atoms with Gasteiger partial charge in [0.2, 0.25) is 0 Å². The summed E-state index contributed by atoms with van der Waals surface area (Å²) in [6.45, 7) is 0.880. The normalized spacial score (nSPS) is 11.0. The third-order valence-electron chi connectivity index (χ3n) is 3.20. The molecule has 5 heteroatoms. The molecule has 0 spiro atoms. The van der Waals surface area contributed by atoms with E-state index in [9.17, 15) is 9.90 Å². The molecule has 0 radical (unpaired) electrons. The molecule has 0 amide bonds. The Morgan fingerprint density at radius 1 is 1.19 bits per heavy atom. The largest absolute Gasteiger partial charge is 0.477 e. The summed E-state index contributed by atoms with van der Waals surface area (Å²) in [5.74, 6) is -0.869. The smallest absolute Gasteiger partial charge is 0.347 e. The van der Waals surface area contributed by atoms with Gasteiger partial charge in [0.05, 0.1) is 10.7 Å². The number of likely N-dealkylation sites (N-methyl/N-ethyl adjacent to an activating group) is 1. The number of carboxylic acid groups (broad SMARTS) is 1. The minimum atomic E-state index is -0.869. The van der Waals surface area contributed by atoms with Gasteiger partial charge < -0.3 is 10.0 Å². The average Bonchev–Trinajstić information content (AvgIpc) is 2.87. The van der Waals surface area contributed by atoms with Crippen LogP contribution in [0.2, 0.25) is 0 Å². The Kier molecular flexibility index (Phi) is 5.47. The second-order valence-electron chi connectivity index (χ2n) is 5.23. The van der Waals surface area contributed by atoms with Gasteiger partial charge in [-0.15, -0.1) is 11.3 Å². The van der Waals surface area contributed by atoms with E-state index in [0.717, 1.165) is 24.4 Å². The Morgan fingerprint density at radius 2 is 1.90 bits per heavy atom. The minimum Gasteiger partial charge on any atom is -0.477 e. The van der Waals surface area contributed by atoms with Crippen molar-refractivity contribution in [2.45, 2.75) is 19.3 Å². The van der Waals surface area contributed by atoms with E-state index in [-0.39, 0.29) is 0 Å². The first-order valence-electron chi connectivity index (χ1n) is 6.97. The van der Waals surface area contributed by atoms with Crippen LogP contribution in [0.1, 0.15) is 25.9 Å². The number of carboxylic acids is 1. The van der Waals surface area contributed by atoms with E-state index in [4.69, 9.17) is 0 Å². The van der Waals surface area contributed by atoms with Gasteiger partial charge in [0, 0.05) is 13.0 Å². The number of benzene rings is 1. The summed E-state index contributed by atoms with van der Waals surface area (Å²) in [5.41, 5.74) is 1.92. The molecule has 21 heavy (non-hydrogen) atoms. The van der Waals surface area contributed by atoms with Gasteiger partial charge in [-0.2, -0.15) is 0 Å². The fourth-order valence-electron chi connectivity index (χ4n) is 2.07. The number of rotatable bonds is 7. The Bertz CT molecular complexity index is 594. The fourth-order valence-corrected chi connectivity index (χ4v) is 3.01. The molecule has 0 fully saturated rings. The molecule has 0 bridgehead atoms. The summed E-state index contributed by atoms with van der Waals surface area (Å²) < 4.78 is 0. The Hall–Kier alpha value is -1.72. The highest BCUT2D eigenvalue weighted by Gasteiger charge is 2.17. The van der Waals surface area contributed by atoms with Crippen molar-refractivity contribution in [2.75, 3.05) is 20.6 Å². The molecule has 1 heterocycles. The molecule has 0 aliphatic carbocycles. The minimum absolute atomic E-state index is 0.389. The molecule has 1 aromatic heterocycles. The molecule has 0 atom stereocenters. The monoisotopic (exact) mass is 304 g/mol. The standard InChI is InChI=1S/C16H20N2O2S/c1-18(2)11-10-14-17-13(15(21-14)16(19)20)9-8-12-6-4-3-5-7-12/h3-7H,8-11H2,1-2H3,(H,19,20). The number of aryl methyl sites for hydroxylation is 2. The van der Waals surface area contributed by atoms with Crippen LogP contribution < -0.4 is 0 Å². The van der Waals surface area contributed by atoms with Crippen molar-refractivity contribution in [3.63, 3.8) is 0 Å². The second-order valence-corrected chi connectivity index (χ2v) is 6.31. The zero-order valence-electron chi connectivity index (χ0n) is 12.4. The molecule has 112 valence electrons. The van der Waals surface area contributed by atoms with Gasteiger partial charge in [0.1, 0.15) is 4.88 Å². The van der Waals surface area contributed by atoms with Crippen molar-refractivity contribution in [1.29, 1.82) is 0 Å². The highest BCUT2D eigenvalue weighted by atomic mass is 32.1. The van der Waals surface area contributed by atoms with Crippen molar-refractivity contribution >= 4 is 17.3 Å². The van der Waals surface area contributed by atoms with Gasteiger partial charge in [-0.25, -0.2) is 9.78 Å². The van der Waals surface area contributed by atoms with Gasteiger partial charge in [-0.3, -0.25) is 0 Å². The highest BCUT2D eigenvalue weighted by Crippen LogP contribution is 2.21. The lowest BCUT2D eigenvalue weighted by atomic mass is 10.1. The number of hydrogen-bond acceptors (Lipinski definition) is 4. The van der Waals surface area contributed by atoms with E-state index in [1.54, 1.807) is 0 Å². The zero-order chi connectivity index (χ0) is 15.2. The molecular formula is C16H20N2O2S. The van der Waals surface area contributed by atoms with Crippen molar-refractivity contribution in [3.8, 4) is 0 Å². The quantitative estimate of drug-likeness (QED) is 0.854. The Balaban J connectivity index is 2.08. The number of aromatic carboxylic acids is 1. The lowest BCUT2D eigenvalue weighted by Crippen LogP contribution is -2.14. The average molecular weight is 304 g/mol. The molecule has 4 nitrogen and oxygen atoms in total. The molecule has 0 aliphatic heterocycles. The molecule has 0 aliphatic rings. The summed E-state index contributed by atoms with van der Waals surface area (Å²) in [4.78, 5) is 18.3. The Labute approximate surface area is 129 Å². The molecule has 1 aromatic carbocycles. The molecule has 1 N–H and O–H groups in total. The van der Waals surface area contributed by atoms with Crippen LogP contribution in [0.4, 0.5) is 0 Å². The summed E-state index contributed by atoms with van der Waals surface area (Å²) in [6.07, 6.45) is 2.28. The summed E-state index contributed by atoms with van der Waals surface area (Å²) in [6, 6.07) is 10.1. The van der Waals surface area contributed by atoms with Crippen LogP contribution in [-0.2, 0) is 19.3 Å². The highest BCUT2D eigenvalue weighted by molar-refractivity contribution is 7.13. The second kappa shape index (κ2) is 7.33. The lowest BCUT2D eigenvalue weighted by Gasteiger charge is -2.06. The van der Waals surface area contributed by atoms with Crippen LogP contribution in [0.5, 0.6) is 0 Å². The molecular weight excluding hydrogens is 284 g/mol. The summed E-state index contributed by atoms with van der Waals surface area (Å²) in [7, 11) is 4.00. The lowest BCUT2D eigenvalue weighted by molar-refractivity contribution is 0.0700. The van der Waals surface area contributed by atoms with E-state index < -0.39 is 5.97 Å². The van der Waals surface area contributed by atoms with Crippen LogP contribution in [0.3, 0.4) is 0 Å². The van der Waals surface area contributed by atoms with E-state index in [2.05, 4.69) is 22.0 Å².